The number of nitrogens with one attached hydrogen (secondary N) is 1. The third kappa shape index (κ3) is 3.46. The van der Waals surface area contributed by atoms with Gasteiger partial charge in [0.05, 0.1) is 6.04 Å². The van der Waals surface area contributed by atoms with Crippen molar-refractivity contribution in [1.29, 1.82) is 0 Å². The highest BCUT2D eigenvalue weighted by molar-refractivity contribution is 7.80. The van der Waals surface area contributed by atoms with Crippen LogP contribution in [0.15, 0.2) is 78.0 Å². The van der Waals surface area contributed by atoms with E-state index in [4.69, 9.17) is 12.2 Å². The SMILES string of the molecule is CCCN1C(=S)NC(c2c(O)ccc3ccccc23)C(C(=O)c2ccccc2)=C1C. The number of phenols is 1. The molecule has 0 spiro atoms. The van der Waals surface area contributed by atoms with Crippen molar-refractivity contribution in [3.05, 3.63) is 89.1 Å². The molecule has 152 valence electrons. The van der Waals surface area contributed by atoms with E-state index >= 15 is 0 Å². The molecule has 2 N–H and O–H groups in total. The Hall–Kier alpha value is -3.18. The number of fused-ring (bicyclic) bond motifs is 1. The summed E-state index contributed by atoms with van der Waals surface area (Å²) < 4.78 is 0. The molecule has 3 aromatic carbocycles. The quantitative estimate of drug-likeness (QED) is 0.434. The van der Waals surface area contributed by atoms with Gasteiger partial charge in [-0.1, -0.05) is 67.6 Å². The molecule has 1 atom stereocenters. The fourth-order valence-corrected chi connectivity index (χ4v) is 4.46. The predicted octanol–water partition coefficient (Wildman–Crippen LogP) is 5.34. The predicted molar refractivity (Wildman–Crippen MR) is 125 cm³/mol. The average molecular weight is 417 g/mol. The minimum atomic E-state index is -0.538. The molecule has 1 unspecified atom stereocenters. The van der Waals surface area contributed by atoms with Gasteiger partial charge in [0.25, 0.3) is 0 Å². The zero-order valence-corrected chi connectivity index (χ0v) is 17.9. The standard InChI is InChI=1S/C25H24N2O2S/c1-3-15-27-16(2)21(24(29)18-10-5-4-6-11-18)23(26-25(27)30)22-19-12-8-7-9-17(19)13-14-20(22)28/h4-14,23,28H,3,15H2,1-2H3,(H,26,30). The number of benzene rings is 3. The third-order valence-corrected chi connectivity index (χ3v) is 5.90. The summed E-state index contributed by atoms with van der Waals surface area (Å²) in [5.74, 6) is 0.0747. The topological polar surface area (TPSA) is 52.6 Å². The summed E-state index contributed by atoms with van der Waals surface area (Å²) in [5.41, 5.74) is 2.72. The summed E-state index contributed by atoms with van der Waals surface area (Å²) in [6.45, 7) is 4.74. The van der Waals surface area contributed by atoms with E-state index in [9.17, 15) is 9.90 Å². The number of carbonyl (C=O) groups is 1. The highest BCUT2D eigenvalue weighted by Crippen LogP contribution is 2.40. The van der Waals surface area contributed by atoms with E-state index in [0.717, 1.165) is 29.4 Å². The van der Waals surface area contributed by atoms with E-state index in [1.807, 2.05) is 72.5 Å². The number of allylic oxidation sites excluding steroid dienone is 1. The summed E-state index contributed by atoms with van der Waals surface area (Å²) in [4.78, 5) is 15.6. The van der Waals surface area contributed by atoms with Crippen LogP contribution in [0.5, 0.6) is 5.75 Å². The second-order valence-corrected chi connectivity index (χ2v) is 7.83. The van der Waals surface area contributed by atoms with Crippen molar-refractivity contribution in [3.63, 3.8) is 0 Å². The molecule has 0 bridgehead atoms. The van der Waals surface area contributed by atoms with Crippen molar-refractivity contribution in [3.8, 4) is 5.75 Å². The van der Waals surface area contributed by atoms with E-state index in [1.165, 1.54) is 0 Å². The van der Waals surface area contributed by atoms with E-state index in [1.54, 1.807) is 6.07 Å². The van der Waals surface area contributed by atoms with Gasteiger partial charge in [-0.25, -0.2) is 0 Å². The summed E-state index contributed by atoms with van der Waals surface area (Å²) in [6, 6.07) is 20.1. The van der Waals surface area contributed by atoms with Gasteiger partial charge in [0.15, 0.2) is 10.9 Å². The Bertz CT molecular complexity index is 1150. The van der Waals surface area contributed by atoms with Crippen molar-refractivity contribution < 1.29 is 9.90 Å². The number of aromatic hydroxyl groups is 1. The Morgan fingerprint density at radius 3 is 2.50 bits per heavy atom. The van der Waals surface area contributed by atoms with Crippen molar-refractivity contribution in [2.45, 2.75) is 26.3 Å². The van der Waals surface area contributed by atoms with Crippen LogP contribution in [0.3, 0.4) is 0 Å². The Labute approximate surface area is 181 Å². The van der Waals surface area contributed by atoms with Gasteiger partial charge in [-0.15, -0.1) is 0 Å². The van der Waals surface area contributed by atoms with Gasteiger partial charge >= 0.3 is 0 Å². The number of carbonyl (C=O) groups excluding carboxylic acids is 1. The van der Waals surface area contributed by atoms with Crippen molar-refractivity contribution in [2.75, 3.05) is 6.54 Å². The zero-order chi connectivity index (χ0) is 21.3. The lowest BCUT2D eigenvalue weighted by Gasteiger charge is -2.38. The van der Waals surface area contributed by atoms with Crippen LogP contribution in [-0.4, -0.2) is 27.4 Å². The molecule has 0 aliphatic carbocycles. The molecule has 0 amide bonds. The molecule has 30 heavy (non-hydrogen) atoms. The van der Waals surface area contributed by atoms with Gasteiger partial charge in [-0.05, 0) is 42.4 Å². The fourth-order valence-electron chi connectivity index (χ4n) is 4.12. The minimum Gasteiger partial charge on any atom is -0.508 e. The van der Waals surface area contributed by atoms with Gasteiger partial charge in [-0.3, -0.25) is 4.79 Å². The smallest absolute Gasteiger partial charge is 0.193 e. The molecular weight excluding hydrogens is 392 g/mol. The summed E-state index contributed by atoms with van der Waals surface area (Å²) in [6.07, 6.45) is 0.899. The number of Topliss-reactive ketones (excluding diaryl/α,β-unsaturated/α-hetero) is 1. The average Bonchev–Trinajstić information content (AvgIpc) is 2.76. The molecule has 1 aliphatic heterocycles. The second kappa shape index (κ2) is 8.28. The van der Waals surface area contributed by atoms with E-state index in [2.05, 4.69) is 12.2 Å². The Morgan fingerprint density at radius 1 is 1.07 bits per heavy atom. The molecule has 3 aromatic rings. The van der Waals surface area contributed by atoms with Crippen molar-refractivity contribution in [2.24, 2.45) is 0 Å². The first kappa shape index (κ1) is 20.1. The Kier molecular flexibility index (Phi) is 5.55. The van der Waals surface area contributed by atoms with Gasteiger partial charge in [-0.2, -0.15) is 0 Å². The number of thiocarbonyl (C=S) groups is 1. The molecule has 5 heteroatoms. The molecule has 0 saturated heterocycles. The second-order valence-electron chi connectivity index (χ2n) is 7.45. The molecule has 0 aromatic heterocycles. The zero-order valence-electron chi connectivity index (χ0n) is 17.1. The van der Waals surface area contributed by atoms with Crippen LogP contribution >= 0.6 is 12.2 Å². The molecule has 4 nitrogen and oxygen atoms in total. The molecule has 1 aliphatic rings. The highest BCUT2D eigenvalue weighted by atomic mass is 32.1. The molecular formula is C25H24N2O2S. The molecule has 4 rings (SSSR count). The highest BCUT2D eigenvalue weighted by Gasteiger charge is 2.36. The van der Waals surface area contributed by atoms with Crippen LogP contribution in [0, 0.1) is 0 Å². The van der Waals surface area contributed by atoms with E-state index in [0.29, 0.717) is 21.8 Å². The van der Waals surface area contributed by atoms with Crippen molar-refractivity contribution in [1.82, 2.24) is 10.2 Å². The van der Waals surface area contributed by atoms with E-state index < -0.39 is 6.04 Å². The molecule has 1 heterocycles. The summed E-state index contributed by atoms with van der Waals surface area (Å²) in [7, 11) is 0. The molecule has 0 radical (unpaired) electrons. The maximum Gasteiger partial charge on any atom is 0.193 e. The van der Waals surface area contributed by atoms with Crippen LogP contribution < -0.4 is 5.32 Å². The number of nitrogens with zero attached hydrogens (tertiary/aromatic N) is 1. The van der Waals surface area contributed by atoms with Gasteiger partial charge < -0.3 is 15.3 Å². The lowest BCUT2D eigenvalue weighted by molar-refractivity contribution is 0.102. The lowest BCUT2D eigenvalue weighted by atomic mass is 9.86. The number of phenolic OH excluding ortho intramolecular Hbond substituents is 1. The van der Waals surface area contributed by atoms with Gasteiger partial charge in [0.2, 0.25) is 0 Å². The monoisotopic (exact) mass is 416 g/mol. The Morgan fingerprint density at radius 2 is 1.77 bits per heavy atom. The van der Waals surface area contributed by atoms with Gasteiger partial charge in [0, 0.05) is 28.9 Å². The number of hydrogen-bond acceptors (Lipinski definition) is 3. The fraction of sp³-hybridized carbons (Fsp3) is 0.200. The number of rotatable bonds is 5. The van der Waals surface area contributed by atoms with Crippen LogP contribution in [-0.2, 0) is 0 Å². The van der Waals surface area contributed by atoms with Gasteiger partial charge in [0.1, 0.15) is 5.75 Å². The summed E-state index contributed by atoms with van der Waals surface area (Å²) >= 11 is 5.66. The van der Waals surface area contributed by atoms with Crippen LogP contribution in [0.2, 0.25) is 0 Å². The van der Waals surface area contributed by atoms with E-state index in [-0.39, 0.29) is 11.5 Å². The first-order valence-electron chi connectivity index (χ1n) is 10.1. The van der Waals surface area contributed by atoms with Crippen molar-refractivity contribution >= 4 is 33.9 Å². The summed E-state index contributed by atoms with van der Waals surface area (Å²) in [5, 5.41) is 16.7. The minimum absolute atomic E-state index is 0.0680. The Balaban J connectivity index is 1.95. The molecule has 0 fully saturated rings. The first-order valence-corrected chi connectivity index (χ1v) is 10.5. The normalized spacial score (nSPS) is 16.7. The lowest BCUT2D eigenvalue weighted by Crippen LogP contribution is -2.47. The maximum atomic E-state index is 13.6. The molecule has 0 saturated carbocycles. The number of hydrogen-bond donors (Lipinski definition) is 2. The number of ketones is 1. The first-order chi connectivity index (χ1) is 14.5. The van der Waals surface area contributed by atoms with Crippen LogP contribution in [0.4, 0.5) is 0 Å². The third-order valence-electron chi connectivity index (χ3n) is 5.56. The van der Waals surface area contributed by atoms with Crippen LogP contribution in [0.25, 0.3) is 10.8 Å². The van der Waals surface area contributed by atoms with Crippen LogP contribution in [0.1, 0.15) is 42.2 Å². The maximum absolute atomic E-state index is 13.6. The largest absolute Gasteiger partial charge is 0.508 e.